The normalized spacial score (nSPS) is 20.1. The number of carbonyl (C=O) groups excluding carboxylic acids is 2. The van der Waals surface area contributed by atoms with Crippen molar-refractivity contribution in [2.75, 3.05) is 32.7 Å². The van der Waals surface area contributed by atoms with Gasteiger partial charge in [-0.05, 0) is 45.8 Å². The summed E-state index contributed by atoms with van der Waals surface area (Å²) in [5.41, 5.74) is 0.515. The molecule has 2 fully saturated rings. The molecular weight excluding hydrogens is 333 g/mol. The van der Waals surface area contributed by atoms with Crippen LogP contribution in [-0.2, 0) is 16.1 Å². The van der Waals surface area contributed by atoms with Gasteiger partial charge in [-0.15, -0.1) is 0 Å². The predicted octanol–water partition coefficient (Wildman–Crippen LogP) is 2.12. The fraction of sp³-hybridized carbons (Fsp3) is 0.600. The molecule has 142 valence electrons. The molecule has 0 aromatic heterocycles. The number of amides is 2. The third-order valence-electron chi connectivity index (χ3n) is 5.56. The van der Waals surface area contributed by atoms with Crippen molar-refractivity contribution in [1.82, 2.24) is 14.7 Å². The van der Waals surface area contributed by atoms with Gasteiger partial charge < -0.3 is 14.7 Å². The van der Waals surface area contributed by atoms with Crippen LogP contribution in [0.1, 0.15) is 32.3 Å². The fourth-order valence-corrected chi connectivity index (χ4v) is 3.82. The highest BCUT2D eigenvalue weighted by Gasteiger charge is 2.33. The first-order valence-corrected chi connectivity index (χ1v) is 9.49. The van der Waals surface area contributed by atoms with Crippen LogP contribution in [0, 0.1) is 11.7 Å². The highest BCUT2D eigenvalue weighted by Crippen LogP contribution is 2.22. The first-order chi connectivity index (χ1) is 12.5. The van der Waals surface area contributed by atoms with Crippen molar-refractivity contribution in [2.24, 2.45) is 5.92 Å². The fourth-order valence-electron chi connectivity index (χ4n) is 3.82. The summed E-state index contributed by atoms with van der Waals surface area (Å²) in [6, 6.07) is 7.02. The van der Waals surface area contributed by atoms with Gasteiger partial charge in [0.05, 0.1) is 6.54 Å². The Hall–Kier alpha value is -1.95. The quantitative estimate of drug-likeness (QED) is 0.825. The molecule has 0 aliphatic carbocycles. The molecule has 26 heavy (non-hydrogen) atoms. The smallest absolute Gasteiger partial charge is 0.242 e. The molecule has 1 aromatic carbocycles. The average Bonchev–Trinajstić information content (AvgIpc) is 2.64. The topological polar surface area (TPSA) is 43.9 Å². The summed E-state index contributed by atoms with van der Waals surface area (Å²) in [5, 5.41) is 0. The van der Waals surface area contributed by atoms with Gasteiger partial charge in [-0.25, -0.2) is 4.39 Å². The van der Waals surface area contributed by atoms with Crippen molar-refractivity contribution in [3.63, 3.8) is 0 Å². The number of nitrogens with zero attached hydrogens (tertiary/aromatic N) is 3. The van der Waals surface area contributed by atoms with Crippen LogP contribution in [0.2, 0.25) is 0 Å². The van der Waals surface area contributed by atoms with E-state index < -0.39 is 0 Å². The van der Waals surface area contributed by atoms with Crippen molar-refractivity contribution >= 4 is 11.8 Å². The maximum atomic E-state index is 13.8. The molecule has 2 aliphatic heterocycles. The molecule has 6 heteroatoms. The van der Waals surface area contributed by atoms with Gasteiger partial charge in [0, 0.05) is 37.2 Å². The highest BCUT2D eigenvalue weighted by molar-refractivity contribution is 5.87. The molecule has 0 N–H and O–H groups in total. The zero-order valence-corrected chi connectivity index (χ0v) is 15.7. The molecule has 0 spiro atoms. The lowest BCUT2D eigenvalue weighted by atomic mass is 9.94. The first-order valence-electron chi connectivity index (χ1n) is 9.49. The number of carbonyl (C=O) groups is 2. The maximum absolute atomic E-state index is 13.8. The number of likely N-dealkylation sites (tertiary alicyclic amines) is 1. The van der Waals surface area contributed by atoms with E-state index in [1.165, 1.54) is 6.07 Å². The molecule has 0 bridgehead atoms. The minimum absolute atomic E-state index is 0.0240. The summed E-state index contributed by atoms with van der Waals surface area (Å²) in [5.74, 6) is -0.272. The second-order valence-electron chi connectivity index (χ2n) is 7.57. The molecule has 5 nitrogen and oxygen atoms in total. The lowest BCUT2D eigenvalue weighted by molar-refractivity contribution is -0.149. The van der Waals surface area contributed by atoms with E-state index in [4.69, 9.17) is 0 Å². The van der Waals surface area contributed by atoms with Crippen molar-refractivity contribution in [3.8, 4) is 0 Å². The summed E-state index contributed by atoms with van der Waals surface area (Å²) in [4.78, 5) is 30.9. The first kappa shape index (κ1) is 18.8. The van der Waals surface area contributed by atoms with E-state index in [9.17, 15) is 14.0 Å². The van der Waals surface area contributed by atoms with Crippen LogP contribution in [0.4, 0.5) is 4.39 Å². The second-order valence-corrected chi connectivity index (χ2v) is 7.57. The van der Waals surface area contributed by atoms with Crippen LogP contribution in [-0.4, -0.2) is 65.3 Å². The lowest BCUT2D eigenvalue weighted by Crippen LogP contribution is -2.54. The van der Waals surface area contributed by atoms with Crippen molar-refractivity contribution in [1.29, 1.82) is 0 Å². The number of piperidine rings is 1. The lowest BCUT2D eigenvalue weighted by Gasteiger charge is -2.39. The molecule has 0 unspecified atom stereocenters. The van der Waals surface area contributed by atoms with Gasteiger partial charge in [-0.2, -0.15) is 0 Å². The molecule has 3 rings (SSSR count). The Balaban J connectivity index is 1.53. The molecule has 0 atom stereocenters. The molecule has 2 heterocycles. The van der Waals surface area contributed by atoms with Gasteiger partial charge in [-0.3, -0.25) is 9.59 Å². The predicted molar refractivity (Wildman–Crippen MR) is 97.8 cm³/mol. The Morgan fingerprint density at radius 2 is 1.85 bits per heavy atom. The summed E-state index contributed by atoms with van der Waals surface area (Å²) in [6.45, 7) is 7.60. The SMILES string of the molecule is CC(C)N1CCC(C(=O)N2CCN(Cc3ccccc3F)C(=O)C2)CC1. The number of hydrogen-bond donors (Lipinski definition) is 0. The Labute approximate surface area is 154 Å². The van der Waals surface area contributed by atoms with E-state index in [1.807, 2.05) is 0 Å². The van der Waals surface area contributed by atoms with Gasteiger partial charge in [-0.1, -0.05) is 18.2 Å². The molecule has 0 saturated carbocycles. The molecule has 2 aliphatic rings. The highest BCUT2D eigenvalue weighted by atomic mass is 19.1. The minimum Gasteiger partial charge on any atom is -0.335 e. The summed E-state index contributed by atoms with van der Waals surface area (Å²) < 4.78 is 13.8. The van der Waals surface area contributed by atoms with Crippen LogP contribution in [0.3, 0.4) is 0 Å². The van der Waals surface area contributed by atoms with Crippen LogP contribution >= 0.6 is 0 Å². The van der Waals surface area contributed by atoms with Crippen molar-refractivity contribution < 1.29 is 14.0 Å². The van der Waals surface area contributed by atoms with E-state index in [0.717, 1.165) is 25.9 Å². The van der Waals surface area contributed by atoms with E-state index in [2.05, 4.69) is 18.7 Å². The van der Waals surface area contributed by atoms with Gasteiger partial charge in [0.25, 0.3) is 0 Å². The van der Waals surface area contributed by atoms with E-state index in [-0.39, 0.29) is 36.6 Å². The Morgan fingerprint density at radius 3 is 2.46 bits per heavy atom. The largest absolute Gasteiger partial charge is 0.335 e. The number of halogens is 1. The zero-order chi connectivity index (χ0) is 18.7. The molecule has 2 amide bonds. The summed E-state index contributed by atoms with van der Waals surface area (Å²) in [6.07, 6.45) is 1.72. The zero-order valence-electron chi connectivity index (χ0n) is 15.7. The number of rotatable bonds is 4. The molecule has 0 radical (unpaired) electrons. The van der Waals surface area contributed by atoms with Crippen LogP contribution in [0.5, 0.6) is 0 Å². The van der Waals surface area contributed by atoms with Crippen molar-refractivity contribution in [2.45, 2.75) is 39.3 Å². The third kappa shape index (κ3) is 4.23. The average molecular weight is 361 g/mol. The number of benzene rings is 1. The molecule has 1 aromatic rings. The van der Waals surface area contributed by atoms with E-state index in [0.29, 0.717) is 24.7 Å². The van der Waals surface area contributed by atoms with Gasteiger partial charge in [0.2, 0.25) is 11.8 Å². The van der Waals surface area contributed by atoms with Gasteiger partial charge >= 0.3 is 0 Å². The monoisotopic (exact) mass is 361 g/mol. The van der Waals surface area contributed by atoms with Crippen molar-refractivity contribution in [3.05, 3.63) is 35.6 Å². The van der Waals surface area contributed by atoms with Crippen LogP contribution in [0.15, 0.2) is 24.3 Å². The minimum atomic E-state index is -0.296. The van der Waals surface area contributed by atoms with Crippen LogP contribution < -0.4 is 0 Å². The Morgan fingerprint density at radius 1 is 1.15 bits per heavy atom. The summed E-state index contributed by atoms with van der Waals surface area (Å²) >= 11 is 0. The van der Waals surface area contributed by atoms with Gasteiger partial charge in [0.15, 0.2) is 0 Å². The maximum Gasteiger partial charge on any atom is 0.242 e. The summed E-state index contributed by atoms with van der Waals surface area (Å²) in [7, 11) is 0. The Kier molecular flexibility index (Phi) is 5.91. The molecule has 2 saturated heterocycles. The third-order valence-corrected chi connectivity index (χ3v) is 5.56. The van der Waals surface area contributed by atoms with E-state index in [1.54, 1.807) is 28.0 Å². The second kappa shape index (κ2) is 8.16. The number of piperazine rings is 1. The molecular formula is C20H28FN3O2. The van der Waals surface area contributed by atoms with Crippen LogP contribution in [0.25, 0.3) is 0 Å². The number of hydrogen-bond acceptors (Lipinski definition) is 3. The van der Waals surface area contributed by atoms with E-state index >= 15 is 0 Å². The van der Waals surface area contributed by atoms with Gasteiger partial charge in [0.1, 0.15) is 5.82 Å². The standard InChI is InChI=1S/C20H28FN3O2/c1-15(2)22-9-7-16(8-10-22)20(26)24-12-11-23(19(25)14-24)13-17-5-3-4-6-18(17)21/h3-6,15-16H,7-14H2,1-2H3. The Bertz CT molecular complexity index is 656.